The summed E-state index contributed by atoms with van der Waals surface area (Å²) in [6, 6.07) is 2.04. The van der Waals surface area contributed by atoms with Crippen LogP contribution in [0.25, 0.3) is 0 Å². The Kier molecular flexibility index (Phi) is 2.11. The van der Waals surface area contributed by atoms with E-state index in [2.05, 4.69) is 13.0 Å². The Bertz CT molecular complexity index is 168. The van der Waals surface area contributed by atoms with Crippen LogP contribution in [0.5, 0.6) is 0 Å². The second-order valence-corrected chi connectivity index (χ2v) is 3.32. The molecule has 0 aromatic heterocycles. The minimum Gasteiger partial charge on any atom is -0.193 e. The molecule has 0 unspecified atom stereocenters. The van der Waals surface area contributed by atoms with Crippen LogP contribution in [0.1, 0.15) is 32.6 Å². The summed E-state index contributed by atoms with van der Waals surface area (Å²) < 4.78 is 0. The minimum absolute atomic E-state index is 0.343. The van der Waals surface area contributed by atoms with Crippen molar-refractivity contribution in [2.45, 2.75) is 32.6 Å². The van der Waals surface area contributed by atoms with E-state index in [1.807, 2.05) is 6.07 Å². The van der Waals surface area contributed by atoms with Crippen molar-refractivity contribution in [3.8, 4) is 6.07 Å². The second-order valence-electron chi connectivity index (χ2n) is 3.32. The van der Waals surface area contributed by atoms with E-state index < -0.39 is 0 Å². The fourth-order valence-electron chi connectivity index (χ4n) is 1.59. The third kappa shape index (κ3) is 1.60. The van der Waals surface area contributed by atoms with Gasteiger partial charge in [0.25, 0.3) is 0 Å². The van der Waals surface area contributed by atoms with E-state index in [4.69, 9.17) is 5.26 Å². The molecule has 0 N–H and O–H groups in total. The SMILES string of the molecule is CC1(/C=C\C#N)CCCC1. The van der Waals surface area contributed by atoms with Crippen molar-refractivity contribution in [2.24, 2.45) is 5.41 Å². The van der Waals surface area contributed by atoms with Gasteiger partial charge in [0.1, 0.15) is 0 Å². The molecule has 0 radical (unpaired) electrons. The Hall–Kier alpha value is -0.770. The summed E-state index contributed by atoms with van der Waals surface area (Å²) in [7, 11) is 0. The maximum Gasteiger partial charge on any atom is 0.0908 e. The van der Waals surface area contributed by atoms with E-state index in [1.54, 1.807) is 6.08 Å². The van der Waals surface area contributed by atoms with E-state index in [9.17, 15) is 0 Å². The summed E-state index contributed by atoms with van der Waals surface area (Å²) in [5.41, 5.74) is 0.343. The Balaban J connectivity index is 2.53. The highest BCUT2D eigenvalue weighted by Crippen LogP contribution is 2.38. The molecule has 0 aromatic carbocycles. The lowest BCUT2D eigenvalue weighted by atomic mass is 9.89. The molecule has 0 atom stereocenters. The zero-order valence-electron chi connectivity index (χ0n) is 6.43. The largest absolute Gasteiger partial charge is 0.193 e. The Morgan fingerprint density at radius 2 is 2.00 bits per heavy atom. The maximum atomic E-state index is 8.30. The molecular weight excluding hydrogens is 122 g/mol. The quantitative estimate of drug-likeness (QED) is 0.507. The predicted octanol–water partition coefficient (Wildman–Crippen LogP) is 2.65. The molecule has 0 saturated heterocycles. The van der Waals surface area contributed by atoms with Crippen molar-refractivity contribution in [3.05, 3.63) is 12.2 Å². The Morgan fingerprint density at radius 3 is 2.50 bits per heavy atom. The van der Waals surface area contributed by atoms with E-state index in [1.165, 1.54) is 25.7 Å². The van der Waals surface area contributed by atoms with E-state index in [-0.39, 0.29) is 0 Å². The second kappa shape index (κ2) is 2.88. The zero-order valence-corrected chi connectivity index (χ0v) is 6.43. The number of nitriles is 1. The molecule has 1 saturated carbocycles. The Morgan fingerprint density at radius 1 is 1.40 bits per heavy atom. The van der Waals surface area contributed by atoms with Crippen molar-refractivity contribution in [3.63, 3.8) is 0 Å². The van der Waals surface area contributed by atoms with Crippen LogP contribution in [0.3, 0.4) is 0 Å². The molecule has 0 bridgehead atoms. The fourth-order valence-corrected chi connectivity index (χ4v) is 1.59. The van der Waals surface area contributed by atoms with E-state index in [0.717, 1.165) is 0 Å². The number of hydrogen-bond acceptors (Lipinski definition) is 1. The molecule has 1 heteroatoms. The highest BCUT2D eigenvalue weighted by atomic mass is 14.3. The molecule has 1 rings (SSSR count). The van der Waals surface area contributed by atoms with Gasteiger partial charge in [-0.25, -0.2) is 0 Å². The molecule has 1 aliphatic rings. The van der Waals surface area contributed by atoms with Crippen LogP contribution >= 0.6 is 0 Å². The number of nitrogens with zero attached hydrogens (tertiary/aromatic N) is 1. The molecule has 1 aliphatic carbocycles. The highest BCUT2D eigenvalue weighted by Gasteiger charge is 2.24. The molecule has 10 heavy (non-hydrogen) atoms. The first-order valence-electron chi connectivity index (χ1n) is 3.84. The summed E-state index contributed by atoms with van der Waals surface area (Å²) in [4.78, 5) is 0. The van der Waals surface area contributed by atoms with Gasteiger partial charge >= 0.3 is 0 Å². The summed E-state index contributed by atoms with van der Waals surface area (Å²) >= 11 is 0. The van der Waals surface area contributed by atoms with E-state index >= 15 is 0 Å². The van der Waals surface area contributed by atoms with Crippen molar-refractivity contribution in [1.82, 2.24) is 0 Å². The number of hydrogen-bond donors (Lipinski definition) is 0. The number of rotatable bonds is 1. The zero-order chi connectivity index (χ0) is 7.45. The lowest BCUT2D eigenvalue weighted by molar-refractivity contribution is 0.446. The molecule has 0 amide bonds. The summed E-state index contributed by atoms with van der Waals surface area (Å²) in [6.45, 7) is 2.23. The van der Waals surface area contributed by atoms with Gasteiger partial charge in [-0.2, -0.15) is 5.26 Å². The van der Waals surface area contributed by atoms with Crippen molar-refractivity contribution in [1.29, 1.82) is 5.26 Å². The molecule has 1 fully saturated rings. The van der Waals surface area contributed by atoms with Gasteiger partial charge in [0, 0.05) is 6.08 Å². The maximum absolute atomic E-state index is 8.30. The average molecular weight is 135 g/mol. The highest BCUT2D eigenvalue weighted by molar-refractivity contribution is 5.09. The fraction of sp³-hybridized carbons (Fsp3) is 0.667. The van der Waals surface area contributed by atoms with Crippen LogP contribution in [-0.4, -0.2) is 0 Å². The third-order valence-electron chi connectivity index (χ3n) is 2.31. The van der Waals surface area contributed by atoms with Crippen LogP contribution in [0.4, 0.5) is 0 Å². The standard InChI is InChI=1S/C9H13N/c1-9(7-4-8-10)5-2-3-6-9/h4,7H,2-3,5-6H2,1H3/b7-4-. The lowest BCUT2D eigenvalue weighted by Crippen LogP contribution is -2.05. The summed E-state index contributed by atoms with van der Waals surface area (Å²) in [6.07, 6.45) is 8.83. The summed E-state index contributed by atoms with van der Waals surface area (Å²) in [5, 5.41) is 8.30. The smallest absolute Gasteiger partial charge is 0.0908 e. The van der Waals surface area contributed by atoms with Crippen LogP contribution in [0, 0.1) is 16.7 Å². The van der Waals surface area contributed by atoms with E-state index in [0.29, 0.717) is 5.41 Å². The first-order chi connectivity index (χ1) is 4.77. The van der Waals surface area contributed by atoms with Gasteiger partial charge in [0.05, 0.1) is 6.07 Å². The van der Waals surface area contributed by atoms with Gasteiger partial charge < -0.3 is 0 Å². The molecule has 0 aromatic rings. The van der Waals surface area contributed by atoms with Gasteiger partial charge in [-0.05, 0) is 18.3 Å². The molecule has 0 heterocycles. The van der Waals surface area contributed by atoms with Gasteiger partial charge in [-0.3, -0.25) is 0 Å². The average Bonchev–Trinajstić information content (AvgIpc) is 2.33. The van der Waals surface area contributed by atoms with Gasteiger partial charge in [-0.1, -0.05) is 25.8 Å². The molecule has 1 nitrogen and oxygen atoms in total. The van der Waals surface area contributed by atoms with Crippen LogP contribution in [-0.2, 0) is 0 Å². The third-order valence-corrected chi connectivity index (χ3v) is 2.31. The Labute approximate surface area is 62.4 Å². The predicted molar refractivity (Wildman–Crippen MR) is 41.3 cm³/mol. The monoisotopic (exact) mass is 135 g/mol. The molecule has 0 spiro atoms. The van der Waals surface area contributed by atoms with Crippen LogP contribution < -0.4 is 0 Å². The van der Waals surface area contributed by atoms with Gasteiger partial charge in [0.15, 0.2) is 0 Å². The van der Waals surface area contributed by atoms with Crippen molar-refractivity contribution in [2.75, 3.05) is 0 Å². The van der Waals surface area contributed by atoms with Crippen molar-refractivity contribution >= 4 is 0 Å². The van der Waals surface area contributed by atoms with Crippen molar-refractivity contribution < 1.29 is 0 Å². The first-order valence-corrected chi connectivity index (χ1v) is 3.84. The normalized spacial score (nSPS) is 23.2. The molecule has 0 aliphatic heterocycles. The van der Waals surface area contributed by atoms with Crippen LogP contribution in [0.15, 0.2) is 12.2 Å². The van der Waals surface area contributed by atoms with Gasteiger partial charge in [-0.15, -0.1) is 0 Å². The topological polar surface area (TPSA) is 23.8 Å². The lowest BCUT2D eigenvalue weighted by Gasteiger charge is -2.16. The summed E-state index contributed by atoms with van der Waals surface area (Å²) in [5.74, 6) is 0. The van der Waals surface area contributed by atoms with Crippen LogP contribution in [0.2, 0.25) is 0 Å². The molecule has 54 valence electrons. The molecular formula is C9H13N. The first kappa shape index (κ1) is 7.34. The van der Waals surface area contributed by atoms with Gasteiger partial charge in [0.2, 0.25) is 0 Å². The minimum atomic E-state index is 0.343. The number of allylic oxidation sites excluding steroid dienone is 2.